The Morgan fingerprint density at radius 3 is 2.91 bits per heavy atom. The molecule has 1 unspecified atom stereocenters. The van der Waals surface area contributed by atoms with Gasteiger partial charge in [0.25, 0.3) is 0 Å². The van der Waals surface area contributed by atoms with Crippen LogP contribution in [0.5, 0.6) is 0 Å². The molecule has 3 heteroatoms. The molecule has 1 rings (SSSR count). The molecule has 11 heavy (non-hydrogen) atoms. The van der Waals surface area contributed by atoms with Crippen LogP contribution in [-0.4, -0.2) is 35.6 Å². The minimum atomic E-state index is -0.677. The van der Waals surface area contributed by atoms with Crippen LogP contribution in [0.25, 0.3) is 0 Å². The van der Waals surface area contributed by atoms with E-state index in [4.69, 9.17) is 5.11 Å². The summed E-state index contributed by atoms with van der Waals surface area (Å²) in [6, 6.07) is 0.279. The van der Waals surface area contributed by atoms with Gasteiger partial charge >= 0.3 is 5.97 Å². The second-order valence-corrected chi connectivity index (χ2v) is 3.23. The topological polar surface area (TPSA) is 40.5 Å². The Labute approximate surface area is 67.0 Å². The van der Waals surface area contributed by atoms with Crippen LogP contribution in [-0.2, 0) is 4.79 Å². The van der Waals surface area contributed by atoms with Crippen LogP contribution < -0.4 is 0 Å². The predicted molar refractivity (Wildman–Crippen MR) is 42.5 cm³/mol. The van der Waals surface area contributed by atoms with Gasteiger partial charge in [0, 0.05) is 6.04 Å². The Hall–Kier alpha value is -0.570. The number of hydrogen-bond donors (Lipinski definition) is 1. The van der Waals surface area contributed by atoms with Gasteiger partial charge in [-0.1, -0.05) is 6.42 Å². The van der Waals surface area contributed by atoms with Gasteiger partial charge in [0.2, 0.25) is 0 Å². The zero-order chi connectivity index (χ0) is 8.27. The third kappa shape index (κ3) is 2.50. The molecule has 0 amide bonds. The third-order valence-electron chi connectivity index (χ3n) is 2.33. The normalized spacial score (nSPS) is 26.8. The van der Waals surface area contributed by atoms with Gasteiger partial charge in [-0.2, -0.15) is 0 Å². The summed E-state index contributed by atoms with van der Waals surface area (Å²) in [5.41, 5.74) is 0. The summed E-state index contributed by atoms with van der Waals surface area (Å²) < 4.78 is 0. The van der Waals surface area contributed by atoms with Crippen LogP contribution in [0.2, 0.25) is 0 Å². The lowest BCUT2D eigenvalue weighted by Crippen LogP contribution is -2.37. The maximum atomic E-state index is 10.4. The van der Waals surface area contributed by atoms with Crippen molar-refractivity contribution in [2.45, 2.75) is 31.7 Å². The zero-order valence-corrected chi connectivity index (χ0v) is 6.92. The molecule has 1 saturated heterocycles. The van der Waals surface area contributed by atoms with Crippen molar-refractivity contribution in [3.8, 4) is 0 Å². The lowest BCUT2D eigenvalue weighted by atomic mass is 10.0. The molecule has 0 aliphatic carbocycles. The van der Waals surface area contributed by atoms with E-state index in [0.717, 1.165) is 13.0 Å². The Bertz CT molecular complexity index is 147. The number of aliphatic carboxylic acids is 1. The molecule has 0 bridgehead atoms. The molecule has 1 aliphatic rings. The van der Waals surface area contributed by atoms with Gasteiger partial charge in [-0.3, -0.25) is 4.79 Å². The second-order valence-electron chi connectivity index (χ2n) is 3.23. The molecule has 3 nitrogen and oxygen atoms in total. The smallest absolute Gasteiger partial charge is 0.304 e. The number of piperidine rings is 1. The summed E-state index contributed by atoms with van der Waals surface area (Å²) in [6.07, 6.45) is 3.74. The highest BCUT2D eigenvalue weighted by Gasteiger charge is 2.20. The molecule has 0 radical (unpaired) electrons. The number of carbonyl (C=O) groups is 1. The van der Waals surface area contributed by atoms with Gasteiger partial charge in [0.1, 0.15) is 0 Å². The van der Waals surface area contributed by atoms with Crippen LogP contribution in [0.4, 0.5) is 0 Å². The van der Waals surface area contributed by atoms with Gasteiger partial charge in [-0.05, 0) is 26.4 Å². The fraction of sp³-hybridized carbons (Fsp3) is 0.875. The standard InChI is InChI=1S/C8H15NO2/c1-9-5-3-2-4-7(9)6-8(10)11/h7H,2-6H2,1H3,(H,10,11). The summed E-state index contributed by atoms with van der Waals surface area (Å²) in [6.45, 7) is 1.05. The number of rotatable bonds is 2. The van der Waals surface area contributed by atoms with E-state index in [-0.39, 0.29) is 6.04 Å². The van der Waals surface area contributed by atoms with E-state index in [1.807, 2.05) is 7.05 Å². The fourth-order valence-electron chi connectivity index (χ4n) is 1.60. The Morgan fingerprint density at radius 2 is 2.36 bits per heavy atom. The molecule has 0 aromatic rings. The Kier molecular flexibility index (Phi) is 2.88. The van der Waals surface area contributed by atoms with Crippen molar-refractivity contribution in [2.75, 3.05) is 13.6 Å². The van der Waals surface area contributed by atoms with Gasteiger partial charge in [-0.25, -0.2) is 0 Å². The second kappa shape index (κ2) is 3.72. The number of nitrogens with zero attached hydrogens (tertiary/aromatic N) is 1. The highest BCUT2D eigenvalue weighted by atomic mass is 16.4. The Morgan fingerprint density at radius 1 is 1.64 bits per heavy atom. The highest BCUT2D eigenvalue weighted by Crippen LogP contribution is 2.17. The Balaban J connectivity index is 2.35. The predicted octanol–water partition coefficient (Wildman–Crippen LogP) is 0.945. The average molecular weight is 157 g/mol. The van der Waals surface area contributed by atoms with E-state index < -0.39 is 5.97 Å². The largest absolute Gasteiger partial charge is 0.481 e. The molecule has 1 atom stereocenters. The highest BCUT2D eigenvalue weighted by molar-refractivity contribution is 5.67. The quantitative estimate of drug-likeness (QED) is 0.648. The molecule has 1 N–H and O–H groups in total. The summed E-state index contributed by atoms with van der Waals surface area (Å²) in [5.74, 6) is -0.677. The number of hydrogen-bond acceptors (Lipinski definition) is 2. The summed E-state index contributed by atoms with van der Waals surface area (Å²) in [5, 5.41) is 8.56. The van der Waals surface area contributed by atoms with Crippen molar-refractivity contribution in [3.05, 3.63) is 0 Å². The van der Waals surface area contributed by atoms with Crippen molar-refractivity contribution in [1.29, 1.82) is 0 Å². The van der Waals surface area contributed by atoms with Crippen molar-refractivity contribution in [2.24, 2.45) is 0 Å². The molecular formula is C8H15NO2. The summed E-state index contributed by atoms with van der Waals surface area (Å²) >= 11 is 0. The molecule has 0 spiro atoms. The molecule has 0 aromatic carbocycles. The van der Waals surface area contributed by atoms with Gasteiger partial charge in [-0.15, -0.1) is 0 Å². The SMILES string of the molecule is CN1CCCCC1CC(=O)O. The van der Waals surface area contributed by atoms with Crippen molar-refractivity contribution < 1.29 is 9.90 Å². The van der Waals surface area contributed by atoms with Gasteiger partial charge < -0.3 is 10.0 Å². The van der Waals surface area contributed by atoms with E-state index in [0.29, 0.717) is 6.42 Å². The summed E-state index contributed by atoms with van der Waals surface area (Å²) in [4.78, 5) is 12.5. The number of likely N-dealkylation sites (tertiary alicyclic amines) is 1. The van der Waals surface area contributed by atoms with E-state index in [1.165, 1.54) is 12.8 Å². The third-order valence-corrected chi connectivity index (χ3v) is 2.33. The lowest BCUT2D eigenvalue weighted by molar-refractivity contribution is -0.138. The van der Waals surface area contributed by atoms with Gasteiger partial charge in [0.05, 0.1) is 6.42 Å². The van der Waals surface area contributed by atoms with Crippen molar-refractivity contribution in [1.82, 2.24) is 4.90 Å². The molecule has 1 heterocycles. The van der Waals surface area contributed by atoms with Crippen LogP contribution in [0.1, 0.15) is 25.7 Å². The molecule has 1 fully saturated rings. The molecule has 1 aliphatic heterocycles. The first kappa shape index (κ1) is 8.53. The average Bonchev–Trinajstić information content (AvgIpc) is 1.93. The molecular weight excluding hydrogens is 142 g/mol. The number of carboxylic acids is 1. The number of carboxylic acid groups (broad SMARTS) is 1. The first-order valence-corrected chi connectivity index (χ1v) is 4.12. The first-order chi connectivity index (χ1) is 5.20. The van der Waals surface area contributed by atoms with Crippen LogP contribution in [0.3, 0.4) is 0 Å². The van der Waals surface area contributed by atoms with E-state index in [1.54, 1.807) is 0 Å². The summed E-state index contributed by atoms with van der Waals surface area (Å²) in [7, 11) is 2.01. The van der Waals surface area contributed by atoms with E-state index >= 15 is 0 Å². The zero-order valence-electron chi connectivity index (χ0n) is 6.92. The van der Waals surface area contributed by atoms with E-state index in [2.05, 4.69) is 4.90 Å². The maximum Gasteiger partial charge on any atom is 0.304 e. The van der Waals surface area contributed by atoms with Gasteiger partial charge in [0.15, 0.2) is 0 Å². The van der Waals surface area contributed by atoms with Crippen LogP contribution in [0.15, 0.2) is 0 Å². The maximum absolute atomic E-state index is 10.4. The fourth-order valence-corrected chi connectivity index (χ4v) is 1.60. The van der Waals surface area contributed by atoms with Crippen LogP contribution in [0, 0.1) is 0 Å². The van der Waals surface area contributed by atoms with Crippen LogP contribution >= 0.6 is 0 Å². The molecule has 0 aromatic heterocycles. The lowest BCUT2D eigenvalue weighted by Gasteiger charge is -2.31. The van der Waals surface area contributed by atoms with E-state index in [9.17, 15) is 4.79 Å². The monoisotopic (exact) mass is 157 g/mol. The van der Waals surface area contributed by atoms with Crippen molar-refractivity contribution in [3.63, 3.8) is 0 Å². The minimum absolute atomic E-state index is 0.279. The molecule has 64 valence electrons. The molecule has 0 saturated carbocycles. The van der Waals surface area contributed by atoms with Crippen molar-refractivity contribution >= 4 is 5.97 Å². The minimum Gasteiger partial charge on any atom is -0.481 e. The first-order valence-electron chi connectivity index (χ1n) is 4.12.